The lowest BCUT2D eigenvalue weighted by Gasteiger charge is -2.16. The monoisotopic (exact) mass is 238 g/mol. The highest BCUT2D eigenvalue weighted by molar-refractivity contribution is 5.01. The van der Waals surface area contributed by atoms with Crippen LogP contribution in [-0.4, -0.2) is 54.8 Å². The van der Waals surface area contributed by atoms with E-state index in [0.29, 0.717) is 6.04 Å². The molecule has 0 aliphatic carbocycles. The van der Waals surface area contributed by atoms with Crippen LogP contribution in [0.15, 0.2) is 12.5 Å². The van der Waals surface area contributed by atoms with Crippen molar-refractivity contribution in [3.63, 3.8) is 0 Å². The molecule has 2 rings (SSSR count). The van der Waals surface area contributed by atoms with Crippen molar-refractivity contribution in [3.05, 3.63) is 18.2 Å². The molecular weight excluding hydrogens is 216 g/mol. The van der Waals surface area contributed by atoms with Crippen LogP contribution in [0.5, 0.6) is 0 Å². The maximum atomic E-state index is 5.01. The predicted octanol–water partition coefficient (Wildman–Crippen LogP) is 0.496. The molecule has 96 valence electrons. The molecule has 5 heteroatoms. The molecule has 0 radical (unpaired) electrons. The van der Waals surface area contributed by atoms with Crippen molar-refractivity contribution >= 4 is 0 Å². The Bertz CT molecular complexity index is 339. The average molecular weight is 238 g/mol. The maximum Gasteiger partial charge on any atom is 0.0951 e. The van der Waals surface area contributed by atoms with E-state index in [1.807, 2.05) is 12.5 Å². The summed E-state index contributed by atoms with van der Waals surface area (Å²) < 4.78 is 7.32. The highest BCUT2D eigenvalue weighted by Crippen LogP contribution is 2.21. The Morgan fingerprint density at radius 2 is 2.47 bits per heavy atom. The molecule has 17 heavy (non-hydrogen) atoms. The number of nitrogens with one attached hydrogen (secondary N) is 1. The highest BCUT2D eigenvalue weighted by Gasteiger charge is 2.22. The van der Waals surface area contributed by atoms with Gasteiger partial charge in [0, 0.05) is 39.0 Å². The van der Waals surface area contributed by atoms with Crippen molar-refractivity contribution in [1.82, 2.24) is 19.8 Å². The lowest BCUT2D eigenvalue weighted by molar-refractivity contribution is 0.199. The van der Waals surface area contributed by atoms with E-state index in [1.54, 1.807) is 7.11 Å². The fourth-order valence-corrected chi connectivity index (χ4v) is 2.33. The normalized spacial score (nSPS) is 21.2. The fraction of sp³-hybridized carbons (Fsp3) is 0.750. The van der Waals surface area contributed by atoms with Crippen LogP contribution in [0.3, 0.4) is 0 Å². The minimum Gasteiger partial charge on any atom is -0.383 e. The molecule has 1 N–H and O–H groups in total. The van der Waals surface area contributed by atoms with E-state index in [2.05, 4.69) is 26.8 Å². The minimum atomic E-state index is 0.585. The molecule has 1 aliphatic rings. The number of nitrogens with zero attached hydrogens (tertiary/aromatic N) is 3. The van der Waals surface area contributed by atoms with Crippen molar-refractivity contribution in [2.45, 2.75) is 19.0 Å². The molecule has 1 aromatic rings. The third kappa shape index (κ3) is 3.28. The summed E-state index contributed by atoms with van der Waals surface area (Å²) in [4.78, 5) is 6.63. The summed E-state index contributed by atoms with van der Waals surface area (Å²) in [6.07, 6.45) is 5.13. The van der Waals surface area contributed by atoms with E-state index in [4.69, 9.17) is 4.74 Å². The molecule has 0 amide bonds. The van der Waals surface area contributed by atoms with Gasteiger partial charge in [0.25, 0.3) is 0 Å². The van der Waals surface area contributed by atoms with Gasteiger partial charge in [-0.2, -0.15) is 0 Å². The summed E-state index contributed by atoms with van der Waals surface area (Å²) in [7, 11) is 3.90. The second-order valence-electron chi connectivity index (χ2n) is 4.67. The Kier molecular flexibility index (Phi) is 4.53. The quantitative estimate of drug-likeness (QED) is 0.733. The number of rotatable bonds is 6. The first kappa shape index (κ1) is 12.5. The highest BCUT2D eigenvalue weighted by atomic mass is 16.5. The summed E-state index contributed by atoms with van der Waals surface area (Å²) in [6.45, 7) is 4.80. The number of ether oxygens (including phenoxy) is 1. The smallest absolute Gasteiger partial charge is 0.0951 e. The van der Waals surface area contributed by atoms with Crippen molar-refractivity contribution in [1.29, 1.82) is 0 Å². The fourth-order valence-electron chi connectivity index (χ4n) is 2.33. The van der Waals surface area contributed by atoms with Gasteiger partial charge in [-0.3, -0.25) is 0 Å². The van der Waals surface area contributed by atoms with Gasteiger partial charge in [-0.25, -0.2) is 4.98 Å². The first-order valence-electron chi connectivity index (χ1n) is 6.20. The van der Waals surface area contributed by atoms with Crippen molar-refractivity contribution in [2.75, 3.05) is 40.4 Å². The molecule has 5 nitrogen and oxygen atoms in total. The summed E-state index contributed by atoms with van der Waals surface area (Å²) in [5.41, 5.74) is 1.27. The molecule has 1 saturated heterocycles. The van der Waals surface area contributed by atoms with E-state index in [0.717, 1.165) is 26.2 Å². The number of hydrogen-bond acceptors (Lipinski definition) is 4. The molecule has 2 heterocycles. The first-order valence-corrected chi connectivity index (χ1v) is 6.20. The molecule has 0 aromatic carbocycles. The summed E-state index contributed by atoms with van der Waals surface area (Å²) in [6, 6.07) is 0.585. The third-order valence-electron chi connectivity index (χ3n) is 3.30. The van der Waals surface area contributed by atoms with Crippen LogP contribution < -0.4 is 5.32 Å². The number of likely N-dealkylation sites (N-methyl/N-ethyl adjacent to an activating group) is 1. The zero-order valence-corrected chi connectivity index (χ0v) is 10.7. The summed E-state index contributed by atoms with van der Waals surface area (Å²) >= 11 is 0. The number of hydrogen-bond donors (Lipinski definition) is 1. The second-order valence-corrected chi connectivity index (χ2v) is 4.67. The van der Waals surface area contributed by atoms with Crippen LogP contribution in [0.4, 0.5) is 0 Å². The predicted molar refractivity (Wildman–Crippen MR) is 67.0 cm³/mol. The molecule has 1 fully saturated rings. The average Bonchev–Trinajstić information content (AvgIpc) is 2.93. The van der Waals surface area contributed by atoms with Crippen LogP contribution in [0.2, 0.25) is 0 Å². The van der Waals surface area contributed by atoms with Gasteiger partial charge in [0.05, 0.1) is 18.6 Å². The molecular formula is C12H22N4O. The van der Waals surface area contributed by atoms with E-state index < -0.39 is 0 Å². The summed E-state index contributed by atoms with van der Waals surface area (Å²) in [5.74, 6) is 0. The van der Waals surface area contributed by atoms with Gasteiger partial charge in [0.15, 0.2) is 0 Å². The molecule has 1 atom stereocenters. The third-order valence-corrected chi connectivity index (χ3v) is 3.30. The topological polar surface area (TPSA) is 42.3 Å². The van der Waals surface area contributed by atoms with Gasteiger partial charge < -0.3 is 19.5 Å². The van der Waals surface area contributed by atoms with Crippen molar-refractivity contribution in [2.24, 2.45) is 0 Å². The maximum absolute atomic E-state index is 5.01. The van der Waals surface area contributed by atoms with E-state index in [9.17, 15) is 0 Å². The zero-order chi connectivity index (χ0) is 12.1. The van der Waals surface area contributed by atoms with Crippen LogP contribution in [0, 0.1) is 0 Å². The minimum absolute atomic E-state index is 0.585. The van der Waals surface area contributed by atoms with Crippen LogP contribution in [-0.2, 0) is 11.3 Å². The Balaban J connectivity index is 1.88. The van der Waals surface area contributed by atoms with Gasteiger partial charge in [-0.1, -0.05) is 0 Å². The lowest BCUT2D eigenvalue weighted by atomic mass is 10.2. The molecule has 0 spiro atoms. The zero-order valence-electron chi connectivity index (χ0n) is 10.7. The summed E-state index contributed by atoms with van der Waals surface area (Å²) in [5, 5.41) is 3.36. The van der Waals surface area contributed by atoms with E-state index >= 15 is 0 Å². The van der Waals surface area contributed by atoms with E-state index in [1.165, 1.54) is 18.7 Å². The first-order chi connectivity index (χ1) is 8.31. The Hall–Kier alpha value is -0.910. The van der Waals surface area contributed by atoms with Gasteiger partial charge in [-0.15, -0.1) is 0 Å². The molecule has 1 aromatic heterocycles. The second kappa shape index (κ2) is 6.14. The number of imidazole rings is 1. The van der Waals surface area contributed by atoms with Crippen molar-refractivity contribution < 1.29 is 4.74 Å². The van der Waals surface area contributed by atoms with Gasteiger partial charge in [0.2, 0.25) is 0 Å². The van der Waals surface area contributed by atoms with Gasteiger partial charge >= 0.3 is 0 Å². The molecule has 1 unspecified atom stereocenters. The Labute approximate surface area is 103 Å². The Morgan fingerprint density at radius 1 is 1.59 bits per heavy atom. The molecule has 0 bridgehead atoms. The number of aromatic nitrogens is 2. The SMILES string of the molecule is COCCNCc1cncn1C1CCN(C)C1. The van der Waals surface area contributed by atoms with Crippen LogP contribution in [0.1, 0.15) is 18.2 Å². The molecule has 1 aliphatic heterocycles. The van der Waals surface area contributed by atoms with Crippen LogP contribution in [0.25, 0.3) is 0 Å². The Morgan fingerprint density at radius 3 is 3.18 bits per heavy atom. The largest absolute Gasteiger partial charge is 0.383 e. The number of methoxy groups -OCH3 is 1. The number of likely N-dealkylation sites (tertiary alicyclic amines) is 1. The van der Waals surface area contributed by atoms with Gasteiger partial charge in [0.1, 0.15) is 0 Å². The van der Waals surface area contributed by atoms with E-state index in [-0.39, 0.29) is 0 Å². The van der Waals surface area contributed by atoms with Crippen LogP contribution >= 0.6 is 0 Å². The van der Waals surface area contributed by atoms with Gasteiger partial charge in [-0.05, 0) is 20.0 Å². The lowest BCUT2D eigenvalue weighted by Crippen LogP contribution is -2.22. The van der Waals surface area contributed by atoms with Crippen molar-refractivity contribution in [3.8, 4) is 0 Å². The standard InChI is InChI=1S/C12H22N4O/c1-15-5-3-11(9-15)16-10-14-8-12(16)7-13-4-6-17-2/h8,10-11,13H,3-7,9H2,1-2H3. The molecule has 0 saturated carbocycles.